The van der Waals surface area contributed by atoms with Crippen LogP contribution in [0.5, 0.6) is 5.88 Å². The molecule has 8 nitrogen and oxygen atoms in total. The number of hydrogen-bond acceptors (Lipinski definition) is 6. The molecule has 3 rings (SSSR count). The average molecular weight is 372 g/mol. The minimum absolute atomic E-state index is 0.227. The number of aliphatic hydroxyl groups is 2. The topological polar surface area (TPSA) is 117 Å². The summed E-state index contributed by atoms with van der Waals surface area (Å²) in [5.74, 6) is 0.477. The van der Waals surface area contributed by atoms with Crippen LogP contribution in [-0.2, 0) is 0 Å². The van der Waals surface area contributed by atoms with Gasteiger partial charge in [0.2, 0.25) is 5.88 Å². The number of nitrogens with one attached hydrogen (secondary N) is 2. The maximum atomic E-state index is 12.2. The first kappa shape index (κ1) is 19.1. The van der Waals surface area contributed by atoms with E-state index < -0.39 is 17.6 Å². The summed E-state index contributed by atoms with van der Waals surface area (Å²) >= 11 is 0. The molecule has 2 heterocycles. The van der Waals surface area contributed by atoms with Gasteiger partial charge in [-0.05, 0) is 38.0 Å². The van der Waals surface area contributed by atoms with E-state index in [4.69, 9.17) is 4.74 Å². The predicted molar refractivity (Wildman–Crippen MR) is 99.4 cm³/mol. The molecule has 1 fully saturated rings. The zero-order valence-corrected chi connectivity index (χ0v) is 15.1. The summed E-state index contributed by atoms with van der Waals surface area (Å²) < 4.78 is 5.81. The van der Waals surface area contributed by atoms with Crippen LogP contribution in [0.2, 0.25) is 0 Å². The van der Waals surface area contributed by atoms with Crippen LogP contribution >= 0.6 is 0 Å². The number of nitrogens with zero attached hydrogens (tertiary/aromatic N) is 2. The highest BCUT2D eigenvalue weighted by Crippen LogP contribution is 2.38. The summed E-state index contributed by atoms with van der Waals surface area (Å²) in [5.41, 5.74) is 0.828. The quantitative estimate of drug-likeness (QED) is 0.610. The van der Waals surface area contributed by atoms with Crippen molar-refractivity contribution in [3.05, 3.63) is 48.4 Å². The van der Waals surface area contributed by atoms with E-state index in [0.717, 1.165) is 5.69 Å². The second-order valence-electron chi connectivity index (χ2n) is 7.00. The standard InChI is InChI=1S/C19H24N4O4/c1-13-4-2-6-17(22-13)27-12-19(8-15(24)16(25)9-19)11-21-18(26)23-14-5-3-7-20-10-14/h2-7,10,15-16,24-25H,8-9,11-12H2,1H3,(H2,21,23,26)/t15-,16+,19?. The van der Waals surface area contributed by atoms with Crippen molar-refractivity contribution in [1.29, 1.82) is 0 Å². The summed E-state index contributed by atoms with van der Waals surface area (Å²) in [7, 11) is 0. The number of urea groups is 1. The molecule has 2 aromatic rings. The van der Waals surface area contributed by atoms with Gasteiger partial charge < -0.3 is 25.6 Å². The van der Waals surface area contributed by atoms with Crippen molar-refractivity contribution in [1.82, 2.24) is 15.3 Å². The molecule has 27 heavy (non-hydrogen) atoms. The Balaban J connectivity index is 1.61. The molecule has 0 aromatic carbocycles. The van der Waals surface area contributed by atoms with Crippen molar-refractivity contribution in [2.45, 2.75) is 32.0 Å². The van der Waals surface area contributed by atoms with E-state index in [9.17, 15) is 15.0 Å². The first-order valence-corrected chi connectivity index (χ1v) is 8.83. The van der Waals surface area contributed by atoms with Gasteiger partial charge in [-0.3, -0.25) is 4.98 Å². The van der Waals surface area contributed by atoms with Gasteiger partial charge in [-0.2, -0.15) is 0 Å². The molecule has 0 bridgehead atoms. The molecule has 1 aliphatic carbocycles. The molecule has 1 aliphatic rings. The highest BCUT2D eigenvalue weighted by Gasteiger charge is 2.45. The van der Waals surface area contributed by atoms with E-state index in [1.165, 1.54) is 0 Å². The fraction of sp³-hybridized carbons (Fsp3) is 0.421. The maximum Gasteiger partial charge on any atom is 0.319 e. The van der Waals surface area contributed by atoms with E-state index in [0.29, 0.717) is 24.4 Å². The van der Waals surface area contributed by atoms with Crippen molar-refractivity contribution in [2.75, 3.05) is 18.5 Å². The Morgan fingerprint density at radius 2 is 2.04 bits per heavy atom. The van der Waals surface area contributed by atoms with Crippen molar-refractivity contribution >= 4 is 11.7 Å². The first-order chi connectivity index (χ1) is 13.0. The van der Waals surface area contributed by atoms with Gasteiger partial charge >= 0.3 is 6.03 Å². The number of amides is 2. The smallest absolute Gasteiger partial charge is 0.319 e. The Kier molecular flexibility index (Phi) is 5.88. The number of carbonyl (C=O) groups excluding carboxylic acids is 1. The Morgan fingerprint density at radius 3 is 2.70 bits per heavy atom. The Labute approximate surface area is 157 Å². The molecular formula is C19H24N4O4. The van der Waals surface area contributed by atoms with E-state index in [-0.39, 0.29) is 19.2 Å². The van der Waals surface area contributed by atoms with Crippen LogP contribution in [-0.4, -0.2) is 51.6 Å². The number of carbonyl (C=O) groups is 1. The molecule has 144 valence electrons. The highest BCUT2D eigenvalue weighted by atomic mass is 16.5. The molecule has 0 aliphatic heterocycles. The van der Waals surface area contributed by atoms with Crippen molar-refractivity contribution in [3.8, 4) is 5.88 Å². The molecule has 1 unspecified atom stereocenters. The fourth-order valence-electron chi connectivity index (χ4n) is 3.26. The molecule has 0 spiro atoms. The lowest BCUT2D eigenvalue weighted by Gasteiger charge is -2.29. The third-order valence-electron chi connectivity index (χ3n) is 4.66. The molecule has 2 aromatic heterocycles. The zero-order chi connectivity index (χ0) is 19.3. The number of aryl methyl sites for hydroxylation is 1. The number of ether oxygens (including phenoxy) is 1. The zero-order valence-electron chi connectivity index (χ0n) is 15.1. The largest absolute Gasteiger partial charge is 0.477 e. The average Bonchev–Trinajstić information content (AvgIpc) is 2.94. The normalized spacial score (nSPS) is 24.4. The van der Waals surface area contributed by atoms with Gasteiger partial charge in [-0.25, -0.2) is 9.78 Å². The van der Waals surface area contributed by atoms with Gasteiger partial charge in [0.25, 0.3) is 0 Å². The minimum Gasteiger partial charge on any atom is -0.477 e. The second kappa shape index (κ2) is 8.32. The maximum absolute atomic E-state index is 12.2. The van der Waals surface area contributed by atoms with Crippen LogP contribution in [0.1, 0.15) is 18.5 Å². The molecule has 3 atom stereocenters. The van der Waals surface area contributed by atoms with Crippen LogP contribution in [0.15, 0.2) is 42.7 Å². The van der Waals surface area contributed by atoms with Gasteiger partial charge in [0.1, 0.15) is 0 Å². The number of aromatic nitrogens is 2. The molecule has 8 heteroatoms. The number of hydrogen-bond donors (Lipinski definition) is 4. The number of rotatable bonds is 6. The lowest BCUT2D eigenvalue weighted by molar-refractivity contribution is 0.0438. The summed E-state index contributed by atoms with van der Waals surface area (Å²) in [4.78, 5) is 20.4. The van der Waals surface area contributed by atoms with Crippen molar-refractivity contribution < 1.29 is 19.7 Å². The second-order valence-corrected chi connectivity index (χ2v) is 7.00. The summed E-state index contributed by atoms with van der Waals surface area (Å²) in [6.45, 7) is 2.35. The van der Waals surface area contributed by atoms with Gasteiger partial charge in [0.05, 0.1) is 30.7 Å². The molecule has 4 N–H and O–H groups in total. The van der Waals surface area contributed by atoms with E-state index in [2.05, 4.69) is 20.6 Å². The SMILES string of the molecule is Cc1cccc(OCC2(CNC(=O)Nc3cccnc3)C[C@@H](O)[C@@H](O)C2)n1. The van der Waals surface area contributed by atoms with Crippen LogP contribution in [0.4, 0.5) is 10.5 Å². The van der Waals surface area contributed by atoms with Gasteiger partial charge in [0.15, 0.2) is 0 Å². The third kappa shape index (κ3) is 5.15. The molecule has 2 amide bonds. The monoisotopic (exact) mass is 372 g/mol. The Hall–Kier alpha value is -2.71. The Bertz CT molecular complexity index is 761. The van der Waals surface area contributed by atoms with Gasteiger partial charge in [-0.1, -0.05) is 6.07 Å². The molecular weight excluding hydrogens is 348 g/mol. The number of aliphatic hydroxyl groups excluding tert-OH is 2. The first-order valence-electron chi connectivity index (χ1n) is 8.83. The van der Waals surface area contributed by atoms with Crippen LogP contribution in [0.25, 0.3) is 0 Å². The van der Waals surface area contributed by atoms with Crippen molar-refractivity contribution in [2.24, 2.45) is 5.41 Å². The predicted octanol–water partition coefficient (Wildman–Crippen LogP) is 1.49. The fourth-order valence-corrected chi connectivity index (χ4v) is 3.26. The van der Waals surface area contributed by atoms with Gasteiger partial charge in [-0.15, -0.1) is 0 Å². The Morgan fingerprint density at radius 1 is 1.26 bits per heavy atom. The van der Waals surface area contributed by atoms with Crippen LogP contribution in [0, 0.1) is 12.3 Å². The third-order valence-corrected chi connectivity index (χ3v) is 4.66. The highest BCUT2D eigenvalue weighted by molar-refractivity contribution is 5.88. The number of anilines is 1. The minimum atomic E-state index is -0.845. The lowest BCUT2D eigenvalue weighted by Crippen LogP contribution is -2.42. The lowest BCUT2D eigenvalue weighted by atomic mass is 9.86. The van der Waals surface area contributed by atoms with Gasteiger partial charge in [0, 0.05) is 29.9 Å². The van der Waals surface area contributed by atoms with E-state index in [1.807, 2.05) is 19.1 Å². The summed E-state index contributed by atoms with van der Waals surface area (Å²) in [5, 5.41) is 25.5. The number of pyridine rings is 2. The van der Waals surface area contributed by atoms with Crippen LogP contribution < -0.4 is 15.4 Å². The van der Waals surface area contributed by atoms with Crippen LogP contribution in [0.3, 0.4) is 0 Å². The van der Waals surface area contributed by atoms with Crippen molar-refractivity contribution in [3.63, 3.8) is 0 Å². The summed E-state index contributed by atoms with van der Waals surface area (Å²) in [6, 6.07) is 8.55. The van der Waals surface area contributed by atoms with E-state index >= 15 is 0 Å². The van der Waals surface area contributed by atoms with E-state index in [1.54, 1.807) is 30.6 Å². The summed E-state index contributed by atoms with van der Waals surface area (Å²) in [6.07, 6.45) is 2.13. The molecule has 1 saturated carbocycles. The molecule has 0 radical (unpaired) electrons. The molecule has 0 saturated heterocycles.